The Labute approximate surface area is 75.8 Å². The maximum Gasteiger partial charge on any atom is 0.111 e. The Kier molecular flexibility index (Phi) is 1.58. The molecular weight excluding hydrogens is 172 g/mol. The van der Waals surface area contributed by atoms with Crippen molar-refractivity contribution in [1.82, 2.24) is 9.78 Å². The summed E-state index contributed by atoms with van der Waals surface area (Å²) in [5.41, 5.74) is 1.96. The Morgan fingerprint density at radius 3 is 2.92 bits per heavy atom. The van der Waals surface area contributed by atoms with Gasteiger partial charge >= 0.3 is 0 Å². The van der Waals surface area contributed by atoms with E-state index in [1.54, 1.807) is 4.68 Å². The van der Waals surface area contributed by atoms with Crippen LogP contribution in [0.4, 0.5) is 0 Å². The first kappa shape index (κ1) is 7.62. The lowest BCUT2D eigenvalue weighted by molar-refractivity contribution is 0.779. The van der Waals surface area contributed by atoms with Crippen molar-refractivity contribution in [1.29, 1.82) is 0 Å². The molecule has 3 heteroatoms. The van der Waals surface area contributed by atoms with E-state index in [2.05, 4.69) is 5.10 Å². The molecule has 2 aromatic rings. The normalized spacial score (nSPS) is 10.9. The van der Waals surface area contributed by atoms with E-state index in [1.807, 2.05) is 32.3 Å². The summed E-state index contributed by atoms with van der Waals surface area (Å²) in [6, 6.07) is 4.04. The summed E-state index contributed by atoms with van der Waals surface area (Å²) in [5, 5.41) is 6.11. The third-order valence-electron chi connectivity index (χ3n) is 1.92. The molecule has 1 aromatic heterocycles. The van der Waals surface area contributed by atoms with Gasteiger partial charge < -0.3 is 0 Å². The van der Waals surface area contributed by atoms with E-state index in [0.717, 1.165) is 21.5 Å². The van der Waals surface area contributed by atoms with Crippen LogP contribution in [0.5, 0.6) is 0 Å². The molecule has 0 spiro atoms. The Balaban J connectivity index is 2.89. The van der Waals surface area contributed by atoms with E-state index in [-0.39, 0.29) is 0 Å². The van der Waals surface area contributed by atoms with Gasteiger partial charge in [0.2, 0.25) is 0 Å². The van der Waals surface area contributed by atoms with Crippen molar-refractivity contribution in [2.24, 2.45) is 7.05 Å². The van der Waals surface area contributed by atoms with Gasteiger partial charge in [-0.2, -0.15) is 5.10 Å². The van der Waals surface area contributed by atoms with E-state index in [4.69, 9.17) is 11.6 Å². The van der Waals surface area contributed by atoms with Crippen molar-refractivity contribution < 1.29 is 0 Å². The van der Waals surface area contributed by atoms with Gasteiger partial charge in [-0.3, -0.25) is 4.68 Å². The van der Waals surface area contributed by atoms with Gasteiger partial charge in [0, 0.05) is 18.6 Å². The SMILES string of the molecule is Cc1ccc2cn(C)nc2c1Cl. The standard InChI is InChI=1S/C9H9ClN2/c1-6-3-4-7-5-12(2)11-9(7)8(6)10/h3-5H,1-2H3. The van der Waals surface area contributed by atoms with Gasteiger partial charge in [0.1, 0.15) is 5.52 Å². The van der Waals surface area contributed by atoms with Crippen molar-refractivity contribution in [2.75, 3.05) is 0 Å². The summed E-state index contributed by atoms with van der Waals surface area (Å²) >= 11 is 6.06. The number of hydrogen-bond donors (Lipinski definition) is 0. The first-order valence-electron chi connectivity index (χ1n) is 3.77. The lowest BCUT2D eigenvalue weighted by Crippen LogP contribution is -1.85. The van der Waals surface area contributed by atoms with Crippen molar-refractivity contribution in [3.05, 3.63) is 28.9 Å². The number of hydrogen-bond acceptors (Lipinski definition) is 1. The molecule has 0 bridgehead atoms. The minimum Gasteiger partial charge on any atom is -0.275 e. The van der Waals surface area contributed by atoms with Crippen LogP contribution in [0.2, 0.25) is 5.02 Å². The van der Waals surface area contributed by atoms with Crippen LogP contribution < -0.4 is 0 Å². The van der Waals surface area contributed by atoms with Crippen LogP contribution in [0.1, 0.15) is 5.56 Å². The zero-order chi connectivity index (χ0) is 8.72. The highest BCUT2D eigenvalue weighted by molar-refractivity contribution is 6.35. The molecule has 2 rings (SSSR count). The first-order chi connectivity index (χ1) is 5.68. The summed E-state index contributed by atoms with van der Waals surface area (Å²) in [6.45, 7) is 1.98. The lowest BCUT2D eigenvalue weighted by Gasteiger charge is -1.95. The molecule has 0 unspecified atom stereocenters. The van der Waals surface area contributed by atoms with Crippen LogP contribution in [0.15, 0.2) is 18.3 Å². The Hall–Kier alpha value is -1.02. The van der Waals surface area contributed by atoms with Gasteiger partial charge in [0.05, 0.1) is 5.02 Å². The van der Waals surface area contributed by atoms with Crippen LogP contribution in [-0.2, 0) is 7.05 Å². The number of aromatic nitrogens is 2. The molecule has 0 aliphatic heterocycles. The Morgan fingerprint density at radius 1 is 1.42 bits per heavy atom. The van der Waals surface area contributed by atoms with Crippen LogP contribution in [0.25, 0.3) is 10.9 Å². The van der Waals surface area contributed by atoms with Crippen LogP contribution >= 0.6 is 11.6 Å². The average molecular weight is 181 g/mol. The molecule has 0 saturated carbocycles. The predicted molar refractivity (Wildman–Crippen MR) is 50.5 cm³/mol. The van der Waals surface area contributed by atoms with E-state index in [0.29, 0.717) is 0 Å². The Morgan fingerprint density at radius 2 is 2.17 bits per heavy atom. The van der Waals surface area contributed by atoms with Gasteiger partial charge in [0.15, 0.2) is 0 Å². The molecule has 0 N–H and O–H groups in total. The van der Waals surface area contributed by atoms with Crippen LogP contribution in [-0.4, -0.2) is 9.78 Å². The molecule has 0 atom stereocenters. The van der Waals surface area contributed by atoms with Gasteiger partial charge in [-0.25, -0.2) is 0 Å². The van der Waals surface area contributed by atoms with E-state index < -0.39 is 0 Å². The van der Waals surface area contributed by atoms with Crippen LogP contribution in [0.3, 0.4) is 0 Å². The molecule has 1 heterocycles. The fourth-order valence-electron chi connectivity index (χ4n) is 1.27. The number of fused-ring (bicyclic) bond motifs is 1. The minimum atomic E-state index is 0.758. The zero-order valence-electron chi connectivity index (χ0n) is 7.00. The first-order valence-corrected chi connectivity index (χ1v) is 4.15. The van der Waals surface area contributed by atoms with E-state index in [9.17, 15) is 0 Å². The topological polar surface area (TPSA) is 17.8 Å². The summed E-state index contributed by atoms with van der Waals surface area (Å²) in [7, 11) is 1.89. The monoisotopic (exact) mass is 180 g/mol. The maximum absolute atomic E-state index is 6.06. The lowest BCUT2D eigenvalue weighted by atomic mass is 10.2. The number of benzene rings is 1. The number of aryl methyl sites for hydroxylation is 2. The minimum absolute atomic E-state index is 0.758. The van der Waals surface area contributed by atoms with Gasteiger partial charge in [-0.05, 0) is 12.5 Å². The summed E-state index contributed by atoms with van der Waals surface area (Å²) < 4.78 is 1.77. The molecular formula is C9H9ClN2. The predicted octanol–water partition coefficient (Wildman–Crippen LogP) is 2.54. The number of nitrogens with zero attached hydrogens (tertiary/aromatic N) is 2. The second-order valence-corrected chi connectivity index (χ2v) is 3.32. The fraction of sp³-hybridized carbons (Fsp3) is 0.222. The number of rotatable bonds is 0. The van der Waals surface area contributed by atoms with Gasteiger partial charge in [-0.15, -0.1) is 0 Å². The molecule has 0 aliphatic rings. The molecule has 0 aliphatic carbocycles. The van der Waals surface area contributed by atoms with Crippen LogP contribution in [0, 0.1) is 6.92 Å². The molecule has 0 fully saturated rings. The van der Waals surface area contributed by atoms with E-state index >= 15 is 0 Å². The quantitative estimate of drug-likeness (QED) is 0.609. The highest BCUT2D eigenvalue weighted by Gasteiger charge is 2.04. The smallest absolute Gasteiger partial charge is 0.111 e. The van der Waals surface area contributed by atoms with Crippen molar-refractivity contribution in [3.8, 4) is 0 Å². The highest BCUT2D eigenvalue weighted by Crippen LogP contribution is 2.24. The third kappa shape index (κ3) is 0.994. The maximum atomic E-state index is 6.06. The summed E-state index contributed by atoms with van der Waals surface area (Å²) in [6.07, 6.45) is 1.96. The number of halogens is 1. The molecule has 62 valence electrons. The fourth-order valence-corrected chi connectivity index (χ4v) is 1.48. The summed E-state index contributed by atoms with van der Waals surface area (Å²) in [5.74, 6) is 0. The van der Waals surface area contributed by atoms with Gasteiger partial charge in [-0.1, -0.05) is 23.7 Å². The molecule has 0 amide bonds. The van der Waals surface area contributed by atoms with Crippen molar-refractivity contribution in [2.45, 2.75) is 6.92 Å². The van der Waals surface area contributed by atoms with E-state index in [1.165, 1.54) is 0 Å². The molecule has 0 radical (unpaired) electrons. The molecule has 0 saturated heterocycles. The average Bonchev–Trinajstić information content (AvgIpc) is 2.39. The molecule has 1 aromatic carbocycles. The van der Waals surface area contributed by atoms with Gasteiger partial charge in [0.25, 0.3) is 0 Å². The Bertz CT molecular complexity index is 431. The second kappa shape index (κ2) is 2.49. The molecule has 2 nitrogen and oxygen atoms in total. The zero-order valence-corrected chi connectivity index (χ0v) is 7.76. The summed E-state index contributed by atoms with van der Waals surface area (Å²) in [4.78, 5) is 0. The van der Waals surface area contributed by atoms with Crippen molar-refractivity contribution >= 4 is 22.5 Å². The third-order valence-corrected chi connectivity index (χ3v) is 2.40. The van der Waals surface area contributed by atoms with Crippen molar-refractivity contribution in [3.63, 3.8) is 0 Å². The largest absolute Gasteiger partial charge is 0.275 e. The molecule has 12 heavy (non-hydrogen) atoms. The second-order valence-electron chi connectivity index (χ2n) is 2.94. The highest BCUT2D eigenvalue weighted by atomic mass is 35.5.